The van der Waals surface area contributed by atoms with Crippen molar-refractivity contribution in [2.45, 2.75) is 20.3 Å². The van der Waals surface area contributed by atoms with Gasteiger partial charge in [0.1, 0.15) is 0 Å². The van der Waals surface area contributed by atoms with E-state index in [-0.39, 0.29) is 0 Å². The number of fused-ring (bicyclic) bond motifs is 1. The molecule has 0 atom stereocenters. The van der Waals surface area contributed by atoms with Crippen molar-refractivity contribution in [2.75, 3.05) is 6.54 Å². The molecule has 2 heterocycles. The van der Waals surface area contributed by atoms with Gasteiger partial charge in [0.25, 0.3) is 0 Å². The van der Waals surface area contributed by atoms with E-state index >= 15 is 0 Å². The molecule has 0 amide bonds. The van der Waals surface area contributed by atoms with Gasteiger partial charge in [-0.05, 0) is 43.2 Å². The molecule has 0 spiro atoms. The zero-order valence-electron chi connectivity index (χ0n) is 11.3. The minimum absolute atomic E-state index is 0.809. The minimum atomic E-state index is 0.809. The van der Waals surface area contributed by atoms with Crippen LogP contribution in [0.15, 0.2) is 64.1 Å². The summed E-state index contributed by atoms with van der Waals surface area (Å²) in [6.07, 6.45) is 9.48. The Balaban J connectivity index is 1.96. The summed E-state index contributed by atoms with van der Waals surface area (Å²) >= 11 is 0. The number of hydrogen-bond donors (Lipinski definition) is 0. The number of rotatable bonds is 2. The van der Waals surface area contributed by atoms with Crippen molar-refractivity contribution in [1.82, 2.24) is 4.90 Å². The zero-order chi connectivity index (χ0) is 13.2. The van der Waals surface area contributed by atoms with Crippen LogP contribution in [0.5, 0.6) is 0 Å². The SMILES string of the molecule is CCCN1C=CC(=C2N=c3ccc(C)cc3=N2)C=C1. The molecule has 0 bridgehead atoms. The normalized spacial score (nSPS) is 16.4. The van der Waals surface area contributed by atoms with Crippen LogP contribution in [0.25, 0.3) is 0 Å². The third kappa shape index (κ3) is 2.36. The first-order valence-corrected chi connectivity index (χ1v) is 6.67. The van der Waals surface area contributed by atoms with E-state index in [1.165, 1.54) is 5.56 Å². The molecule has 96 valence electrons. The van der Waals surface area contributed by atoms with Gasteiger partial charge in [0.05, 0.1) is 10.7 Å². The Kier molecular flexibility index (Phi) is 3.03. The Morgan fingerprint density at radius 1 is 1.05 bits per heavy atom. The van der Waals surface area contributed by atoms with Crippen molar-refractivity contribution in [3.8, 4) is 0 Å². The van der Waals surface area contributed by atoms with Crippen molar-refractivity contribution < 1.29 is 0 Å². The molecule has 0 unspecified atom stereocenters. The van der Waals surface area contributed by atoms with Gasteiger partial charge in [0.15, 0.2) is 5.82 Å². The van der Waals surface area contributed by atoms with E-state index in [1.807, 2.05) is 6.07 Å². The summed E-state index contributed by atoms with van der Waals surface area (Å²) in [6, 6.07) is 6.17. The summed E-state index contributed by atoms with van der Waals surface area (Å²) in [7, 11) is 0. The average Bonchev–Trinajstić information content (AvgIpc) is 2.83. The molecule has 1 aromatic rings. The second kappa shape index (κ2) is 4.84. The van der Waals surface area contributed by atoms with Crippen LogP contribution in [0.1, 0.15) is 18.9 Å². The predicted octanol–water partition coefficient (Wildman–Crippen LogP) is 2.21. The van der Waals surface area contributed by atoms with E-state index in [9.17, 15) is 0 Å². The van der Waals surface area contributed by atoms with E-state index in [0.29, 0.717) is 0 Å². The summed E-state index contributed by atoms with van der Waals surface area (Å²) in [5.41, 5.74) is 2.29. The molecule has 0 aliphatic carbocycles. The van der Waals surface area contributed by atoms with Gasteiger partial charge >= 0.3 is 0 Å². The van der Waals surface area contributed by atoms with E-state index in [4.69, 9.17) is 0 Å². The number of benzene rings is 1. The smallest absolute Gasteiger partial charge is 0.160 e. The fourth-order valence-electron chi connectivity index (χ4n) is 2.21. The summed E-state index contributed by atoms with van der Waals surface area (Å²) in [6.45, 7) is 5.30. The summed E-state index contributed by atoms with van der Waals surface area (Å²) in [4.78, 5) is 11.4. The van der Waals surface area contributed by atoms with E-state index in [2.05, 4.69) is 65.4 Å². The van der Waals surface area contributed by atoms with Crippen LogP contribution in [-0.4, -0.2) is 11.4 Å². The fraction of sp³-hybridized carbons (Fsp3) is 0.250. The number of aryl methyl sites for hydroxylation is 1. The molecule has 0 saturated carbocycles. The molecule has 0 aromatic heterocycles. The number of hydrogen-bond acceptors (Lipinski definition) is 3. The largest absolute Gasteiger partial charge is 0.354 e. The van der Waals surface area contributed by atoms with Crippen LogP contribution in [-0.2, 0) is 0 Å². The first kappa shape index (κ1) is 11.9. The van der Waals surface area contributed by atoms with Crippen molar-refractivity contribution in [3.05, 3.63) is 70.4 Å². The first-order chi connectivity index (χ1) is 9.26. The summed E-state index contributed by atoms with van der Waals surface area (Å²) in [5.74, 6) is 0.809. The Labute approximate surface area is 113 Å². The Bertz CT molecular complexity index is 692. The van der Waals surface area contributed by atoms with Gasteiger partial charge in [-0.25, -0.2) is 9.98 Å². The molecule has 0 radical (unpaired) electrons. The maximum absolute atomic E-state index is 4.60. The quantitative estimate of drug-likeness (QED) is 0.792. The summed E-state index contributed by atoms with van der Waals surface area (Å²) < 4.78 is 0. The van der Waals surface area contributed by atoms with Crippen molar-refractivity contribution >= 4 is 0 Å². The molecule has 0 N–H and O–H groups in total. The zero-order valence-corrected chi connectivity index (χ0v) is 11.3. The van der Waals surface area contributed by atoms with Gasteiger partial charge in [0.2, 0.25) is 0 Å². The lowest BCUT2D eigenvalue weighted by Gasteiger charge is -2.17. The standard InChI is InChI=1S/C16H17N3/c1-3-8-19-9-6-13(7-10-19)16-17-14-5-4-12(2)11-15(14)18-16/h4-7,9-11H,3,8H2,1-2H3. The maximum atomic E-state index is 4.60. The molecular weight excluding hydrogens is 234 g/mol. The van der Waals surface area contributed by atoms with Gasteiger partial charge in [0, 0.05) is 24.5 Å². The van der Waals surface area contributed by atoms with Crippen LogP contribution in [0.3, 0.4) is 0 Å². The third-order valence-corrected chi connectivity index (χ3v) is 3.21. The molecule has 3 heteroatoms. The van der Waals surface area contributed by atoms with Crippen LogP contribution in [0.2, 0.25) is 0 Å². The lowest BCUT2D eigenvalue weighted by molar-refractivity contribution is 0.497. The van der Waals surface area contributed by atoms with Crippen molar-refractivity contribution in [2.24, 2.45) is 9.98 Å². The molecular formula is C16H17N3. The molecule has 2 aliphatic rings. The number of allylic oxidation sites excluding steroid dienone is 3. The monoisotopic (exact) mass is 251 g/mol. The Morgan fingerprint density at radius 3 is 2.53 bits per heavy atom. The number of nitrogens with zero attached hydrogens (tertiary/aromatic N) is 3. The highest BCUT2D eigenvalue weighted by atomic mass is 15.1. The van der Waals surface area contributed by atoms with Crippen LogP contribution in [0, 0.1) is 6.92 Å². The minimum Gasteiger partial charge on any atom is -0.354 e. The van der Waals surface area contributed by atoms with Gasteiger partial charge < -0.3 is 4.90 Å². The first-order valence-electron chi connectivity index (χ1n) is 6.67. The predicted molar refractivity (Wildman–Crippen MR) is 75.8 cm³/mol. The van der Waals surface area contributed by atoms with Gasteiger partial charge in [-0.15, -0.1) is 0 Å². The van der Waals surface area contributed by atoms with E-state index in [1.54, 1.807) is 0 Å². The van der Waals surface area contributed by atoms with Gasteiger partial charge in [-0.2, -0.15) is 0 Å². The Hall–Kier alpha value is -2.16. The molecule has 0 fully saturated rings. The second-order valence-electron chi connectivity index (χ2n) is 4.86. The summed E-state index contributed by atoms with van der Waals surface area (Å²) in [5, 5.41) is 1.94. The average molecular weight is 251 g/mol. The topological polar surface area (TPSA) is 28.0 Å². The van der Waals surface area contributed by atoms with Crippen LogP contribution < -0.4 is 10.7 Å². The van der Waals surface area contributed by atoms with Gasteiger partial charge in [-0.3, -0.25) is 0 Å². The highest BCUT2D eigenvalue weighted by molar-refractivity contribution is 5.38. The van der Waals surface area contributed by atoms with Gasteiger partial charge in [-0.1, -0.05) is 13.0 Å². The molecule has 3 rings (SSSR count). The Morgan fingerprint density at radius 2 is 1.79 bits per heavy atom. The van der Waals surface area contributed by atoms with E-state index in [0.717, 1.165) is 35.1 Å². The van der Waals surface area contributed by atoms with Crippen molar-refractivity contribution in [3.63, 3.8) is 0 Å². The van der Waals surface area contributed by atoms with E-state index < -0.39 is 0 Å². The third-order valence-electron chi connectivity index (χ3n) is 3.21. The highest BCUT2D eigenvalue weighted by Crippen LogP contribution is 2.16. The maximum Gasteiger partial charge on any atom is 0.160 e. The molecule has 3 nitrogen and oxygen atoms in total. The lowest BCUT2D eigenvalue weighted by Crippen LogP contribution is -2.20. The van der Waals surface area contributed by atoms with Crippen LogP contribution >= 0.6 is 0 Å². The highest BCUT2D eigenvalue weighted by Gasteiger charge is 2.08. The lowest BCUT2D eigenvalue weighted by atomic mass is 10.2. The molecule has 0 saturated heterocycles. The second-order valence-corrected chi connectivity index (χ2v) is 4.86. The van der Waals surface area contributed by atoms with Crippen molar-refractivity contribution in [1.29, 1.82) is 0 Å². The fourth-order valence-corrected chi connectivity index (χ4v) is 2.21. The molecule has 19 heavy (non-hydrogen) atoms. The molecule has 1 aromatic carbocycles. The van der Waals surface area contributed by atoms with Crippen LogP contribution in [0.4, 0.5) is 0 Å². The molecule has 2 aliphatic heterocycles.